The van der Waals surface area contributed by atoms with Gasteiger partial charge in [-0.05, 0) is 42.5 Å². The van der Waals surface area contributed by atoms with E-state index in [1.165, 1.54) is 19.2 Å². The predicted molar refractivity (Wildman–Crippen MR) is 63.0 cm³/mol. The molecule has 1 atom stereocenters. The fraction of sp³-hybridized carbons (Fsp3) is 0.462. The van der Waals surface area contributed by atoms with Gasteiger partial charge in [0.05, 0.1) is 7.11 Å². The van der Waals surface area contributed by atoms with Gasteiger partial charge in [0.25, 0.3) is 0 Å². The molecule has 1 aromatic carbocycles. The van der Waals surface area contributed by atoms with Crippen molar-refractivity contribution in [2.45, 2.75) is 31.5 Å². The van der Waals surface area contributed by atoms with E-state index < -0.39 is 23.9 Å². The van der Waals surface area contributed by atoms with E-state index in [1.54, 1.807) is 0 Å². The smallest absolute Gasteiger partial charge is 0.471 e. The zero-order chi connectivity index (χ0) is 14.9. The predicted octanol–water partition coefficient (Wildman–Crippen LogP) is 2.37. The number of fused-ring (bicyclic) bond motifs is 1. The van der Waals surface area contributed by atoms with Gasteiger partial charge in [-0.1, -0.05) is 0 Å². The van der Waals surface area contributed by atoms with Gasteiger partial charge in [-0.2, -0.15) is 13.2 Å². The van der Waals surface area contributed by atoms with Gasteiger partial charge in [0.1, 0.15) is 0 Å². The molecule has 7 heteroatoms. The van der Waals surface area contributed by atoms with Crippen LogP contribution < -0.4 is 10.1 Å². The summed E-state index contributed by atoms with van der Waals surface area (Å²) in [6.07, 6.45) is -3.89. The summed E-state index contributed by atoms with van der Waals surface area (Å²) in [5.74, 6) is -2.39. The first-order valence-corrected chi connectivity index (χ1v) is 6.04. The molecule has 0 aliphatic heterocycles. The van der Waals surface area contributed by atoms with E-state index in [0.29, 0.717) is 18.4 Å². The third-order valence-electron chi connectivity index (χ3n) is 3.30. The summed E-state index contributed by atoms with van der Waals surface area (Å²) in [6.45, 7) is 0. The molecule has 110 valence electrons. The molecule has 0 bridgehead atoms. The van der Waals surface area contributed by atoms with Gasteiger partial charge in [0.2, 0.25) is 0 Å². The fourth-order valence-electron chi connectivity index (χ4n) is 2.30. The quantitative estimate of drug-likeness (QED) is 0.850. The number of hydrogen-bond donors (Lipinski definition) is 1. The summed E-state index contributed by atoms with van der Waals surface area (Å²) in [5, 5.41) is 1.95. The molecule has 0 saturated carbocycles. The molecule has 1 aliphatic rings. The maximum Gasteiger partial charge on any atom is 0.471 e. The molecule has 0 saturated heterocycles. The second-order valence-electron chi connectivity index (χ2n) is 4.67. The highest BCUT2D eigenvalue weighted by Gasteiger charge is 2.40. The van der Waals surface area contributed by atoms with Gasteiger partial charge >= 0.3 is 12.1 Å². The van der Waals surface area contributed by atoms with Crippen LogP contribution in [0.25, 0.3) is 0 Å². The number of amides is 1. The second-order valence-corrected chi connectivity index (χ2v) is 4.67. The molecule has 0 spiro atoms. The van der Waals surface area contributed by atoms with Crippen molar-refractivity contribution in [3.8, 4) is 5.75 Å². The number of rotatable bonds is 2. The van der Waals surface area contributed by atoms with Crippen LogP contribution in [0.4, 0.5) is 17.6 Å². The average Bonchev–Trinajstić information content (AvgIpc) is 2.37. The molecule has 20 heavy (non-hydrogen) atoms. The number of benzene rings is 1. The van der Waals surface area contributed by atoms with Crippen LogP contribution in [0.1, 0.15) is 17.5 Å². The van der Waals surface area contributed by atoms with E-state index in [9.17, 15) is 22.4 Å². The Labute approximate surface area is 112 Å². The number of hydrogen-bond acceptors (Lipinski definition) is 2. The minimum absolute atomic E-state index is 0.0477. The van der Waals surface area contributed by atoms with E-state index in [2.05, 4.69) is 0 Å². The van der Waals surface area contributed by atoms with Crippen molar-refractivity contribution in [2.24, 2.45) is 0 Å². The van der Waals surface area contributed by atoms with Crippen LogP contribution >= 0.6 is 0 Å². The molecule has 0 heterocycles. The van der Waals surface area contributed by atoms with Crippen LogP contribution in [0.2, 0.25) is 0 Å². The van der Waals surface area contributed by atoms with Crippen molar-refractivity contribution in [1.29, 1.82) is 0 Å². The van der Waals surface area contributed by atoms with Crippen LogP contribution in [0.5, 0.6) is 5.75 Å². The van der Waals surface area contributed by atoms with Crippen molar-refractivity contribution in [3.63, 3.8) is 0 Å². The lowest BCUT2D eigenvalue weighted by molar-refractivity contribution is -0.174. The van der Waals surface area contributed by atoms with Gasteiger partial charge in [-0.3, -0.25) is 4.79 Å². The van der Waals surface area contributed by atoms with E-state index in [0.717, 1.165) is 5.56 Å². The van der Waals surface area contributed by atoms with E-state index in [4.69, 9.17) is 4.74 Å². The Balaban J connectivity index is 2.13. The Kier molecular flexibility index (Phi) is 3.87. The molecule has 0 aromatic heterocycles. The number of aryl methyl sites for hydroxylation is 1. The molecule has 2 rings (SSSR count). The highest BCUT2D eigenvalue weighted by atomic mass is 19.4. The summed E-state index contributed by atoms with van der Waals surface area (Å²) in [4.78, 5) is 10.9. The van der Waals surface area contributed by atoms with Crippen molar-refractivity contribution < 1.29 is 27.1 Å². The topological polar surface area (TPSA) is 38.3 Å². The van der Waals surface area contributed by atoms with Crippen molar-refractivity contribution in [3.05, 3.63) is 29.1 Å². The molecule has 1 N–H and O–H groups in total. The normalized spacial score (nSPS) is 18.4. The van der Waals surface area contributed by atoms with E-state index >= 15 is 0 Å². The Morgan fingerprint density at radius 1 is 1.35 bits per heavy atom. The number of halogens is 4. The van der Waals surface area contributed by atoms with Gasteiger partial charge in [-0.25, -0.2) is 4.39 Å². The summed E-state index contributed by atoms with van der Waals surface area (Å²) < 4.78 is 54.9. The largest absolute Gasteiger partial charge is 0.494 e. The molecule has 1 aliphatic carbocycles. The summed E-state index contributed by atoms with van der Waals surface area (Å²) in [6, 6.07) is 2.19. The van der Waals surface area contributed by atoms with Crippen LogP contribution in [0.3, 0.4) is 0 Å². The lowest BCUT2D eigenvalue weighted by atomic mass is 9.88. The highest BCUT2D eigenvalue weighted by Crippen LogP contribution is 2.28. The zero-order valence-electron chi connectivity index (χ0n) is 10.7. The minimum Gasteiger partial charge on any atom is -0.494 e. The molecule has 0 fully saturated rings. The molecule has 1 amide bonds. The number of ether oxygens (including phenoxy) is 1. The Bertz CT molecular complexity index is 528. The van der Waals surface area contributed by atoms with Crippen molar-refractivity contribution in [1.82, 2.24) is 5.32 Å². The van der Waals surface area contributed by atoms with Crippen molar-refractivity contribution in [2.75, 3.05) is 7.11 Å². The maximum absolute atomic E-state index is 13.5. The van der Waals surface area contributed by atoms with Gasteiger partial charge < -0.3 is 10.1 Å². The first-order chi connectivity index (χ1) is 9.31. The maximum atomic E-state index is 13.5. The first kappa shape index (κ1) is 14.6. The van der Waals surface area contributed by atoms with Gasteiger partial charge in [-0.15, -0.1) is 0 Å². The second kappa shape index (κ2) is 5.30. The third-order valence-corrected chi connectivity index (χ3v) is 3.30. The lowest BCUT2D eigenvalue weighted by Crippen LogP contribution is -2.45. The SMILES string of the molecule is COc1cc2c(cc1F)CCC(NC(=O)C(F)(F)F)C2. The summed E-state index contributed by atoms with van der Waals surface area (Å²) >= 11 is 0. The number of methoxy groups -OCH3 is 1. The molecular weight excluding hydrogens is 278 g/mol. The zero-order valence-corrected chi connectivity index (χ0v) is 10.7. The monoisotopic (exact) mass is 291 g/mol. The Morgan fingerprint density at radius 3 is 2.65 bits per heavy atom. The number of nitrogens with one attached hydrogen (secondary N) is 1. The van der Waals surface area contributed by atoms with Crippen LogP contribution in [-0.4, -0.2) is 25.2 Å². The first-order valence-electron chi connectivity index (χ1n) is 6.04. The highest BCUT2D eigenvalue weighted by molar-refractivity contribution is 5.82. The number of carbonyl (C=O) groups is 1. The number of alkyl halides is 3. The third kappa shape index (κ3) is 3.02. The van der Waals surface area contributed by atoms with Gasteiger partial charge in [0.15, 0.2) is 11.6 Å². The number of carbonyl (C=O) groups excluding carboxylic acids is 1. The van der Waals surface area contributed by atoms with E-state index in [-0.39, 0.29) is 12.2 Å². The average molecular weight is 291 g/mol. The molecule has 1 aromatic rings. The van der Waals surface area contributed by atoms with Gasteiger partial charge in [0, 0.05) is 6.04 Å². The lowest BCUT2D eigenvalue weighted by Gasteiger charge is -2.26. The summed E-state index contributed by atoms with van der Waals surface area (Å²) in [7, 11) is 1.32. The standard InChI is InChI=1S/C13H13F4NO2/c1-20-11-6-8-4-9(18-12(19)13(15,16)17)3-2-7(8)5-10(11)14/h5-6,9H,2-4H2,1H3,(H,18,19). The Hall–Kier alpha value is -1.79. The fourth-order valence-corrected chi connectivity index (χ4v) is 2.30. The van der Waals surface area contributed by atoms with E-state index in [1.807, 2.05) is 5.32 Å². The Morgan fingerprint density at radius 2 is 2.05 bits per heavy atom. The molecule has 1 unspecified atom stereocenters. The minimum atomic E-state index is -4.89. The van der Waals surface area contributed by atoms with Crippen LogP contribution in [0, 0.1) is 5.82 Å². The summed E-state index contributed by atoms with van der Waals surface area (Å²) in [5.41, 5.74) is 1.43. The van der Waals surface area contributed by atoms with Crippen LogP contribution in [0.15, 0.2) is 12.1 Å². The molecule has 3 nitrogen and oxygen atoms in total. The molecular formula is C13H13F4NO2. The van der Waals surface area contributed by atoms with Crippen molar-refractivity contribution >= 4 is 5.91 Å². The van der Waals surface area contributed by atoms with Crippen LogP contribution in [-0.2, 0) is 17.6 Å². The molecule has 0 radical (unpaired) electrons.